The fraction of sp³-hybridized carbons (Fsp3) is 0.438. The summed E-state index contributed by atoms with van der Waals surface area (Å²) in [6, 6.07) is 10.5. The SMILES string of the molecule is CC1CN(c2nc3ccccc3cc2CBr)CC(C)O1. The Morgan fingerprint density at radius 1 is 1.25 bits per heavy atom. The van der Waals surface area contributed by atoms with Crippen molar-refractivity contribution in [2.75, 3.05) is 18.0 Å². The quantitative estimate of drug-likeness (QED) is 0.782. The molecule has 2 heterocycles. The minimum Gasteiger partial charge on any atom is -0.372 e. The number of alkyl halides is 1. The van der Waals surface area contributed by atoms with Crippen molar-refractivity contribution < 1.29 is 4.74 Å². The van der Waals surface area contributed by atoms with Gasteiger partial charge < -0.3 is 9.64 Å². The molecule has 0 bridgehead atoms. The van der Waals surface area contributed by atoms with Crippen LogP contribution in [0.4, 0.5) is 5.82 Å². The summed E-state index contributed by atoms with van der Waals surface area (Å²) in [5, 5.41) is 2.01. The topological polar surface area (TPSA) is 25.4 Å². The van der Waals surface area contributed by atoms with Gasteiger partial charge in [0, 0.05) is 29.4 Å². The minimum absolute atomic E-state index is 0.246. The number of fused-ring (bicyclic) bond motifs is 1. The number of hydrogen-bond donors (Lipinski definition) is 0. The Morgan fingerprint density at radius 3 is 2.65 bits per heavy atom. The molecule has 2 unspecified atom stereocenters. The maximum atomic E-state index is 5.82. The van der Waals surface area contributed by atoms with E-state index in [2.05, 4.69) is 58.9 Å². The largest absolute Gasteiger partial charge is 0.372 e. The van der Waals surface area contributed by atoms with E-state index < -0.39 is 0 Å². The minimum atomic E-state index is 0.246. The summed E-state index contributed by atoms with van der Waals surface area (Å²) in [5.41, 5.74) is 2.30. The van der Waals surface area contributed by atoms with Gasteiger partial charge in [-0.25, -0.2) is 4.98 Å². The maximum Gasteiger partial charge on any atom is 0.133 e. The van der Waals surface area contributed by atoms with Crippen LogP contribution in [-0.4, -0.2) is 30.3 Å². The van der Waals surface area contributed by atoms with Gasteiger partial charge >= 0.3 is 0 Å². The van der Waals surface area contributed by atoms with Crippen LogP contribution in [0.1, 0.15) is 19.4 Å². The van der Waals surface area contributed by atoms with Crippen LogP contribution in [0, 0.1) is 0 Å². The lowest BCUT2D eigenvalue weighted by atomic mass is 10.1. The molecule has 20 heavy (non-hydrogen) atoms. The van der Waals surface area contributed by atoms with Gasteiger partial charge in [-0.2, -0.15) is 0 Å². The van der Waals surface area contributed by atoms with E-state index in [0.29, 0.717) is 0 Å². The first-order chi connectivity index (χ1) is 9.67. The van der Waals surface area contributed by atoms with Crippen LogP contribution < -0.4 is 4.90 Å². The van der Waals surface area contributed by atoms with Crippen molar-refractivity contribution in [2.45, 2.75) is 31.4 Å². The van der Waals surface area contributed by atoms with Crippen molar-refractivity contribution in [3.8, 4) is 0 Å². The molecule has 1 aromatic heterocycles. The van der Waals surface area contributed by atoms with E-state index >= 15 is 0 Å². The molecule has 4 heteroatoms. The highest BCUT2D eigenvalue weighted by atomic mass is 79.9. The lowest BCUT2D eigenvalue weighted by molar-refractivity contribution is -0.00547. The molecule has 2 atom stereocenters. The first-order valence-corrected chi connectivity index (χ1v) is 8.14. The van der Waals surface area contributed by atoms with Gasteiger partial charge in [-0.3, -0.25) is 0 Å². The summed E-state index contributed by atoms with van der Waals surface area (Å²) in [6.07, 6.45) is 0.491. The third kappa shape index (κ3) is 2.67. The molecule has 1 fully saturated rings. The monoisotopic (exact) mass is 334 g/mol. The Kier molecular flexibility index (Phi) is 3.94. The van der Waals surface area contributed by atoms with Gasteiger partial charge in [0.2, 0.25) is 0 Å². The maximum absolute atomic E-state index is 5.82. The van der Waals surface area contributed by atoms with Crippen LogP contribution in [-0.2, 0) is 10.1 Å². The number of morpholine rings is 1. The van der Waals surface area contributed by atoms with Gasteiger partial charge in [0.15, 0.2) is 0 Å². The van der Waals surface area contributed by atoms with Crippen molar-refractivity contribution in [3.05, 3.63) is 35.9 Å². The molecule has 0 radical (unpaired) electrons. The predicted octanol–water partition coefficient (Wildman–Crippen LogP) is 3.74. The zero-order valence-electron chi connectivity index (χ0n) is 11.8. The van der Waals surface area contributed by atoms with Crippen molar-refractivity contribution in [3.63, 3.8) is 0 Å². The molecular weight excluding hydrogens is 316 g/mol. The second kappa shape index (κ2) is 5.70. The average molecular weight is 335 g/mol. The van der Waals surface area contributed by atoms with Crippen LogP contribution in [0.2, 0.25) is 0 Å². The van der Waals surface area contributed by atoms with Crippen molar-refractivity contribution in [2.24, 2.45) is 0 Å². The van der Waals surface area contributed by atoms with Crippen LogP contribution in [0.25, 0.3) is 10.9 Å². The molecule has 1 saturated heterocycles. The summed E-state index contributed by atoms with van der Waals surface area (Å²) >= 11 is 3.59. The number of pyridine rings is 1. The zero-order chi connectivity index (χ0) is 14.1. The van der Waals surface area contributed by atoms with E-state index in [1.54, 1.807) is 0 Å². The first kappa shape index (κ1) is 13.8. The number of rotatable bonds is 2. The summed E-state index contributed by atoms with van der Waals surface area (Å²) in [5.74, 6) is 1.09. The highest BCUT2D eigenvalue weighted by molar-refractivity contribution is 9.08. The first-order valence-electron chi connectivity index (χ1n) is 7.02. The van der Waals surface area contributed by atoms with E-state index in [9.17, 15) is 0 Å². The number of halogens is 1. The Labute approximate surface area is 128 Å². The average Bonchev–Trinajstić information content (AvgIpc) is 2.44. The summed E-state index contributed by atoms with van der Waals surface area (Å²) < 4.78 is 5.82. The second-order valence-electron chi connectivity index (χ2n) is 5.46. The fourth-order valence-electron chi connectivity index (χ4n) is 2.87. The Hall–Kier alpha value is -1.13. The molecule has 0 amide bonds. The normalized spacial score (nSPS) is 23.2. The molecular formula is C16H19BrN2O. The van der Waals surface area contributed by atoms with Crippen LogP contribution in [0.3, 0.4) is 0 Å². The van der Waals surface area contributed by atoms with Gasteiger partial charge in [-0.15, -0.1) is 0 Å². The Bertz CT molecular complexity index is 606. The van der Waals surface area contributed by atoms with Gasteiger partial charge in [-0.1, -0.05) is 34.1 Å². The molecule has 106 valence electrons. The summed E-state index contributed by atoms with van der Waals surface area (Å²) in [6.45, 7) is 6.04. The molecule has 0 N–H and O–H groups in total. The lowest BCUT2D eigenvalue weighted by Crippen LogP contribution is -2.46. The fourth-order valence-corrected chi connectivity index (χ4v) is 3.29. The number of para-hydroxylation sites is 1. The van der Waals surface area contributed by atoms with E-state index in [4.69, 9.17) is 9.72 Å². The third-order valence-electron chi connectivity index (χ3n) is 3.64. The van der Waals surface area contributed by atoms with Crippen LogP contribution in [0.15, 0.2) is 30.3 Å². The molecule has 1 aromatic carbocycles. The number of aromatic nitrogens is 1. The van der Waals surface area contributed by atoms with Gasteiger partial charge in [0.25, 0.3) is 0 Å². The van der Waals surface area contributed by atoms with Crippen molar-refractivity contribution >= 4 is 32.7 Å². The lowest BCUT2D eigenvalue weighted by Gasteiger charge is -2.37. The van der Waals surface area contributed by atoms with E-state index in [1.165, 1.54) is 10.9 Å². The third-order valence-corrected chi connectivity index (χ3v) is 4.25. The predicted molar refractivity (Wildman–Crippen MR) is 86.6 cm³/mol. The Balaban J connectivity index is 2.04. The standard InChI is InChI=1S/C16H19BrN2O/c1-11-9-19(10-12(2)20-11)16-14(8-17)7-13-5-3-4-6-15(13)18-16/h3-7,11-12H,8-10H2,1-2H3. The molecule has 3 rings (SSSR count). The summed E-state index contributed by atoms with van der Waals surface area (Å²) in [4.78, 5) is 7.23. The van der Waals surface area contributed by atoms with E-state index in [1.807, 2.05) is 6.07 Å². The van der Waals surface area contributed by atoms with E-state index in [-0.39, 0.29) is 12.2 Å². The number of nitrogens with zero attached hydrogens (tertiary/aromatic N) is 2. The van der Waals surface area contributed by atoms with Crippen LogP contribution in [0.5, 0.6) is 0 Å². The molecule has 2 aromatic rings. The van der Waals surface area contributed by atoms with Gasteiger partial charge in [0.1, 0.15) is 5.82 Å². The number of hydrogen-bond acceptors (Lipinski definition) is 3. The molecule has 0 aliphatic carbocycles. The number of benzene rings is 1. The highest BCUT2D eigenvalue weighted by Crippen LogP contribution is 2.27. The van der Waals surface area contributed by atoms with E-state index in [0.717, 1.165) is 29.8 Å². The molecule has 1 aliphatic heterocycles. The van der Waals surface area contributed by atoms with Crippen LogP contribution >= 0.6 is 15.9 Å². The summed E-state index contributed by atoms with van der Waals surface area (Å²) in [7, 11) is 0. The van der Waals surface area contributed by atoms with Crippen molar-refractivity contribution in [1.82, 2.24) is 4.98 Å². The molecule has 3 nitrogen and oxygen atoms in total. The number of anilines is 1. The van der Waals surface area contributed by atoms with Gasteiger partial charge in [0.05, 0.1) is 17.7 Å². The molecule has 0 spiro atoms. The second-order valence-corrected chi connectivity index (χ2v) is 6.02. The highest BCUT2D eigenvalue weighted by Gasteiger charge is 2.24. The number of ether oxygens (including phenoxy) is 1. The van der Waals surface area contributed by atoms with Gasteiger partial charge in [-0.05, 0) is 26.0 Å². The smallest absolute Gasteiger partial charge is 0.133 e. The molecule has 1 aliphatic rings. The molecule has 0 saturated carbocycles. The zero-order valence-corrected chi connectivity index (χ0v) is 13.4. The van der Waals surface area contributed by atoms with Crippen molar-refractivity contribution in [1.29, 1.82) is 0 Å². The Morgan fingerprint density at radius 2 is 1.95 bits per heavy atom.